The van der Waals surface area contributed by atoms with Crippen molar-refractivity contribution < 1.29 is 23.5 Å². The number of anilines is 3. The van der Waals surface area contributed by atoms with Gasteiger partial charge >= 0.3 is 6.03 Å². The highest BCUT2D eigenvalue weighted by Crippen LogP contribution is 2.29. The molecule has 0 radical (unpaired) electrons. The lowest BCUT2D eigenvalue weighted by molar-refractivity contribution is -0.119. The Kier molecular flexibility index (Phi) is 9.76. The molecule has 1 heterocycles. The van der Waals surface area contributed by atoms with Gasteiger partial charge in [-0.2, -0.15) is 0 Å². The van der Waals surface area contributed by atoms with E-state index in [4.69, 9.17) is 4.74 Å². The van der Waals surface area contributed by atoms with E-state index in [9.17, 15) is 18.8 Å². The maximum Gasteiger partial charge on any atom is 0.321 e. The molecule has 3 aromatic rings. The highest BCUT2D eigenvalue weighted by Gasteiger charge is 2.25. The van der Waals surface area contributed by atoms with Crippen LogP contribution in [0.3, 0.4) is 0 Å². The van der Waals surface area contributed by atoms with Crippen molar-refractivity contribution in [2.75, 3.05) is 48.8 Å². The van der Waals surface area contributed by atoms with Crippen molar-refractivity contribution in [1.29, 1.82) is 0 Å². The molecule has 1 aliphatic carbocycles. The van der Waals surface area contributed by atoms with Crippen LogP contribution in [0, 0.1) is 11.7 Å². The minimum absolute atomic E-state index is 0.00363. The number of hydrogen-bond donors (Lipinski definition) is 3. The summed E-state index contributed by atoms with van der Waals surface area (Å²) in [6.07, 6.45) is 4.58. The number of ether oxygens (including phenoxy) is 1. The van der Waals surface area contributed by atoms with Crippen molar-refractivity contribution in [2.45, 2.75) is 38.6 Å². The number of hydrogen-bond acceptors (Lipinski definition) is 5. The molecule has 3 aromatic carbocycles. The Morgan fingerprint density at radius 1 is 0.837 bits per heavy atom. The molecule has 0 aromatic heterocycles. The van der Waals surface area contributed by atoms with Gasteiger partial charge in [-0.05, 0) is 79.4 Å². The molecule has 0 atom stereocenters. The van der Waals surface area contributed by atoms with Gasteiger partial charge in [0.25, 0.3) is 5.91 Å². The first-order valence-corrected chi connectivity index (χ1v) is 14.8. The standard InChI is InChI=1S/C33H38FN5O4/c1-43-28-14-11-26(12-15-28)37-33(42)39-18-4-17-38(19-20-39)30-16-13-27(36-31(40)24-5-2-3-6-24)21-29(30)32(41)35-22-23-7-9-25(34)10-8-23/h7-16,21,24H,2-6,17-20,22H2,1H3,(H,35,41)(H,36,40)(H,37,42). The third-order valence-corrected chi connectivity index (χ3v) is 8.07. The first-order valence-electron chi connectivity index (χ1n) is 14.8. The number of carbonyl (C=O) groups is 3. The van der Waals surface area contributed by atoms with Crippen LogP contribution in [0.1, 0.15) is 48.0 Å². The van der Waals surface area contributed by atoms with Crippen LogP contribution in [0.2, 0.25) is 0 Å². The summed E-state index contributed by atoms with van der Waals surface area (Å²) in [4.78, 5) is 43.3. The Labute approximate surface area is 251 Å². The van der Waals surface area contributed by atoms with E-state index < -0.39 is 0 Å². The van der Waals surface area contributed by atoms with Gasteiger partial charge in [-0.3, -0.25) is 9.59 Å². The van der Waals surface area contributed by atoms with Crippen LogP contribution in [0.4, 0.5) is 26.2 Å². The molecule has 1 aliphatic heterocycles. The van der Waals surface area contributed by atoms with Crippen LogP contribution < -0.4 is 25.6 Å². The summed E-state index contributed by atoms with van der Waals surface area (Å²) in [6.45, 7) is 2.45. The van der Waals surface area contributed by atoms with Crippen molar-refractivity contribution in [3.63, 3.8) is 0 Å². The Morgan fingerprint density at radius 3 is 2.28 bits per heavy atom. The predicted octanol–water partition coefficient (Wildman–Crippen LogP) is 5.64. The van der Waals surface area contributed by atoms with Crippen LogP contribution in [0.15, 0.2) is 66.7 Å². The third kappa shape index (κ3) is 7.82. The molecule has 1 saturated carbocycles. The van der Waals surface area contributed by atoms with E-state index in [0.717, 1.165) is 36.9 Å². The molecular formula is C33H38FN5O4. The van der Waals surface area contributed by atoms with E-state index in [-0.39, 0.29) is 36.1 Å². The summed E-state index contributed by atoms with van der Waals surface area (Å²) < 4.78 is 18.5. The highest BCUT2D eigenvalue weighted by atomic mass is 19.1. The Hall–Kier alpha value is -4.60. The molecule has 2 fully saturated rings. The second-order valence-electron chi connectivity index (χ2n) is 11.0. The smallest absolute Gasteiger partial charge is 0.321 e. The fourth-order valence-electron chi connectivity index (χ4n) is 5.62. The molecule has 1 saturated heterocycles. The number of nitrogens with zero attached hydrogens (tertiary/aromatic N) is 2. The summed E-state index contributed by atoms with van der Waals surface area (Å²) in [6, 6.07) is 18.4. The molecule has 226 valence electrons. The quantitative estimate of drug-likeness (QED) is 0.317. The number of halogens is 1. The van der Waals surface area contributed by atoms with Gasteiger partial charge < -0.3 is 30.5 Å². The molecule has 5 rings (SSSR count). The van der Waals surface area contributed by atoms with Crippen molar-refractivity contribution in [2.24, 2.45) is 5.92 Å². The Balaban J connectivity index is 1.30. The lowest BCUT2D eigenvalue weighted by Gasteiger charge is -2.26. The average molecular weight is 588 g/mol. The molecule has 10 heteroatoms. The largest absolute Gasteiger partial charge is 0.497 e. The fraction of sp³-hybridized carbons (Fsp3) is 0.364. The summed E-state index contributed by atoms with van der Waals surface area (Å²) in [7, 11) is 1.59. The lowest BCUT2D eigenvalue weighted by Crippen LogP contribution is -2.38. The molecule has 9 nitrogen and oxygen atoms in total. The van der Waals surface area contributed by atoms with E-state index in [1.165, 1.54) is 12.1 Å². The first kappa shape index (κ1) is 29.9. The normalized spacial score (nSPS) is 15.5. The number of nitrogens with one attached hydrogen (secondary N) is 3. The summed E-state index contributed by atoms with van der Waals surface area (Å²) in [5.41, 5.74) is 3.19. The molecule has 0 spiro atoms. The number of urea groups is 1. The van der Waals surface area contributed by atoms with Gasteiger partial charge in [0.2, 0.25) is 5.91 Å². The second-order valence-corrected chi connectivity index (χ2v) is 11.0. The number of methoxy groups -OCH3 is 1. The number of benzene rings is 3. The average Bonchev–Trinajstić information content (AvgIpc) is 3.46. The molecule has 43 heavy (non-hydrogen) atoms. The fourth-order valence-corrected chi connectivity index (χ4v) is 5.62. The molecule has 0 unspecified atom stereocenters. The predicted molar refractivity (Wildman–Crippen MR) is 165 cm³/mol. The number of rotatable bonds is 8. The van der Waals surface area contributed by atoms with E-state index in [2.05, 4.69) is 20.9 Å². The maximum absolute atomic E-state index is 13.5. The van der Waals surface area contributed by atoms with E-state index >= 15 is 0 Å². The van der Waals surface area contributed by atoms with Crippen molar-refractivity contribution in [1.82, 2.24) is 10.2 Å². The molecular weight excluding hydrogens is 549 g/mol. The van der Waals surface area contributed by atoms with Gasteiger partial charge in [0.05, 0.1) is 12.7 Å². The summed E-state index contributed by atoms with van der Waals surface area (Å²) in [5.74, 6) is 0.0583. The first-order chi connectivity index (χ1) is 20.9. The van der Waals surface area contributed by atoms with Crippen molar-refractivity contribution >= 4 is 34.9 Å². The minimum atomic E-state index is -0.337. The molecule has 2 aliphatic rings. The van der Waals surface area contributed by atoms with Crippen molar-refractivity contribution in [3.8, 4) is 5.75 Å². The van der Waals surface area contributed by atoms with Gasteiger partial charge in [-0.25, -0.2) is 9.18 Å². The Bertz CT molecular complexity index is 1420. The monoisotopic (exact) mass is 587 g/mol. The number of amides is 4. The summed E-state index contributed by atoms with van der Waals surface area (Å²) in [5, 5.41) is 8.89. The zero-order valence-corrected chi connectivity index (χ0v) is 24.4. The van der Waals surface area contributed by atoms with Gasteiger partial charge in [-0.1, -0.05) is 25.0 Å². The van der Waals surface area contributed by atoms with Crippen LogP contribution in [0.25, 0.3) is 0 Å². The van der Waals surface area contributed by atoms with Gasteiger partial charge in [0.1, 0.15) is 11.6 Å². The van der Waals surface area contributed by atoms with Gasteiger partial charge in [0, 0.05) is 55.7 Å². The minimum Gasteiger partial charge on any atom is -0.497 e. The topological polar surface area (TPSA) is 103 Å². The van der Waals surface area contributed by atoms with Crippen LogP contribution in [-0.2, 0) is 11.3 Å². The summed E-state index contributed by atoms with van der Waals surface area (Å²) >= 11 is 0. The van der Waals surface area contributed by atoms with Gasteiger partial charge in [0.15, 0.2) is 0 Å². The van der Waals surface area contributed by atoms with E-state index in [1.54, 1.807) is 54.5 Å². The van der Waals surface area contributed by atoms with Gasteiger partial charge in [-0.15, -0.1) is 0 Å². The highest BCUT2D eigenvalue weighted by molar-refractivity contribution is 6.02. The third-order valence-electron chi connectivity index (χ3n) is 8.07. The SMILES string of the molecule is COc1ccc(NC(=O)N2CCCN(c3ccc(NC(=O)C4CCCC4)cc3C(=O)NCc3ccc(F)cc3)CC2)cc1. The Morgan fingerprint density at radius 2 is 1.56 bits per heavy atom. The van der Waals surface area contributed by atoms with Crippen LogP contribution in [0.5, 0.6) is 5.75 Å². The maximum atomic E-state index is 13.5. The van der Waals surface area contributed by atoms with E-state index in [0.29, 0.717) is 55.3 Å². The number of carbonyl (C=O) groups excluding carboxylic acids is 3. The molecule has 3 N–H and O–H groups in total. The second kappa shape index (κ2) is 14.0. The molecule has 0 bridgehead atoms. The van der Waals surface area contributed by atoms with Crippen LogP contribution >= 0.6 is 0 Å². The zero-order chi connectivity index (χ0) is 30.2. The van der Waals surface area contributed by atoms with Crippen molar-refractivity contribution in [3.05, 3.63) is 83.7 Å². The zero-order valence-electron chi connectivity index (χ0n) is 24.4. The molecule has 4 amide bonds. The lowest BCUT2D eigenvalue weighted by atomic mass is 10.1. The van der Waals surface area contributed by atoms with E-state index in [1.807, 2.05) is 12.1 Å². The van der Waals surface area contributed by atoms with Crippen LogP contribution in [-0.4, -0.2) is 56.0 Å².